The van der Waals surface area contributed by atoms with Crippen LogP contribution in [0.1, 0.15) is 53.1 Å². The molecule has 0 unspecified atom stereocenters. The molecule has 2 fully saturated rings. The number of rotatable bonds is 3. The molecule has 1 saturated heterocycles. The molecule has 0 spiro atoms. The van der Waals surface area contributed by atoms with Crippen LogP contribution in [-0.4, -0.2) is 31.0 Å². The maximum absolute atomic E-state index is 13.2. The van der Waals surface area contributed by atoms with Gasteiger partial charge in [0.25, 0.3) is 11.8 Å². The summed E-state index contributed by atoms with van der Waals surface area (Å²) in [4.78, 5) is 12.2. The minimum atomic E-state index is -4.57. The summed E-state index contributed by atoms with van der Waals surface area (Å²) in [6.07, 6.45) is -4.13. The zero-order chi connectivity index (χ0) is 18.2. The van der Waals surface area contributed by atoms with Gasteiger partial charge in [-0.3, -0.25) is 4.79 Å². The Morgan fingerprint density at radius 3 is 2.27 bits per heavy atom. The number of piperidine rings is 1. The second kappa shape index (κ2) is 7.68. The zero-order valence-corrected chi connectivity index (χ0v) is 14.7. The number of hydrogen-bond acceptors (Lipinski definition) is 2. The SMILES string of the molecule is Cl.O=C(NC1CC(F)(F)C1)c1cc(C2CCNCC2)cc(C(F)(F)F)c1. The van der Waals surface area contributed by atoms with Crippen molar-refractivity contribution in [2.75, 3.05) is 13.1 Å². The van der Waals surface area contributed by atoms with Crippen LogP contribution in [0.15, 0.2) is 18.2 Å². The maximum Gasteiger partial charge on any atom is 0.416 e. The molecule has 0 bridgehead atoms. The summed E-state index contributed by atoms with van der Waals surface area (Å²) in [7, 11) is 0. The highest BCUT2D eigenvalue weighted by atomic mass is 35.5. The maximum atomic E-state index is 13.2. The molecule has 2 N–H and O–H groups in total. The molecule has 1 aliphatic carbocycles. The highest BCUT2D eigenvalue weighted by Crippen LogP contribution is 2.38. The monoisotopic (exact) mass is 398 g/mol. The van der Waals surface area contributed by atoms with Gasteiger partial charge in [-0.1, -0.05) is 0 Å². The van der Waals surface area contributed by atoms with E-state index < -0.39 is 42.5 Å². The van der Waals surface area contributed by atoms with Crippen LogP contribution in [-0.2, 0) is 6.18 Å². The largest absolute Gasteiger partial charge is 0.416 e. The Bertz CT molecular complexity index is 651. The average molecular weight is 399 g/mol. The molecule has 9 heteroatoms. The van der Waals surface area contributed by atoms with Crippen molar-refractivity contribution in [3.8, 4) is 0 Å². The summed E-state index contributed by atoms with van der Waals surface area (Å²) in [5, 5.41) is 5.54. The smallest absolute Gasteiger partial charge is 0.349 e. The Morgan fingerprint density at radius 1 is 1.12 bits per heavy atom. The van der Waals surface area contributed by atoms with Crippen LogP contribution in [0.5, 0.6) is 0 Å². The number of amides is 1. The molecule has 1 aromatic carbocycles. The van der Waals surface area contributed by atoms with Gasteiger partial charge in [-0.05, 0) is 55.6 Å². The fourth-order valence-electron chi connectivity index (χ4n) is 3.37. The lowest BCUT2D eigenvalue weighted by molar-refractivity contribution is -0.137. The summed E-state index contributed by atoms with van der Waals surface area (Å²) in [5.41, 5.74) is -0.536. The van der Waals surface area contributed by atoms with Gasteiger partial charge in [-0.25, -0.2) is 8.78 Å². The summed E-state index contributed by atoms with van der Waals surface area (Å²) in [5.74, 6) is -3.59. The van der Waals surface area contributed by atoms with Crippen LogP contribution in [0.4, 0.5) is 22.0 Å². The van der Waals surface area contributed by atoms with E-state index >= 15 is 0 Å². The Hall–Kier alpha value is -1.41. The summed E-state index contributed by atoms with van der Waals surface area (Å²) in [6, 6.07) is 2.64. The number of carbonyl (C=O) groups is 1. The third-order valence-corrected chi connectivity index (χ3v) is 4.78. The second-order valence-electron chi connectivity index (χ2n) is 6.80. The number of alkyl halides is 5. The van der Waals surface area contributed by atoms with Gasteiger partial charge >= 0.3 is 6.18 Å². The van der Waals surface area contributed by atoms with Crippen molar-refractivity contribution in [2.24, 2.45) is 0 Å². The zero-order valence-electron chi connectivity index (χ0n) is 13.8. The molecular weight excluding hydrogens is 379 g/mol. The first-order chi connectivity index (χ1) is 11.6. The molecule has 1 amide bonds. The highest BCUT2D eigenvalue weighted by molar-refractivity contribution is 5.95. The number of nitrogens with one attached hydrogen (secondary N) is 2. The van der Waals surface area contributed by atoms with Gasteiger partial charge < -0.3 is 10.6 Å². The molecule has 0 aromatic heterocycles. The quantitative estimate of drug-likeness (QED) is 0.752. The van der Waals surface area contributed by atoms with Crippen LogP contribution >= 0.6 is 12.4 Å². The lowest BCUT2D eigenvalue weighted by atomic mass is 9.86. The first-order valence-electron chi connectivity index (χ1n) is 8.26. The first kappa shape index (κ1) is 20.9. The second-order valence-corrected chi connectivity index (χ2v) is 6.80. The third kappa shape index (κ3) is 4.85. The van der Waals surface area contributed by atoms with Crippen LogP contribution in [0.2, 0.25) is 0 Å². The van der Waals surface area contributed by atoms with Crippen LogP contribution in [0.25, 0.3) is 0 Å². The number of hydrogen-bond donors (Lipinski definition) is 2. The van der Waals surface area contributed by atoms with Crippen LogP contribution in [0, 0.1) is 0 Å². The van der Waals surface area contributed by atoms with E-state index in [-0.39, 0.29) is 23.9 Å². The van der Waals surface area contributed by atoms with Crippen LogP contribution in [0.3, 0.4) is 0 Å². The predicted molar refractivity (Wildman–Crippen MR) is 89.0 cm³/mol. The Morgan fingerprint density at radius 2 is 1.73 bits per heavy atom. The molecule has 1 saturated carbocycles. The van der Waals surface area contributed by atoms with Gasteiger partial charge in [0, 0.05) is 24.4 Å². The standard InChI is InChI=1S/C17H19F5N2O.ClH/c18-16(19)8-14(9-16)24-15(25)12-5-11(10-1-3-23-4-2-10)6-13(7-12)17(20,21)22;/h5-7,10,14,23H,1-4,8-9H2,(H,24,25);1H. The minimum absolute atomic E-state index is 0. The van der Waals surface area contributed by atoms with Crippen molar-refractivity contribution >= 4 is 18.3 Å². The average Bonchev–Trinajstić information content (AvgIpc) is 2.52. The van der Waals surface area contributed by atoms with E-state index in [1.165, 1.54) is 6.07 Å². The van der Waals surface area contributed by atoms with E-state index in [0.29, 0.717) is 31.5 Å². The lowest BCUT2D eigenvalue weighted by Gasteiger charge is -2.35. The first-order valence-corrected chi connectivity index (χ1v) is 8.26. The Labute approximate surface area is 154 Å². The Balaban J connectivity index is 0.00000243. The molecule has 1 heterocycles. The molecule has 3 rings (SSSR count). The number of halogens is 6. The van der Waals surface area contributed by atoms with Gasteiger partial charge in [0.05, 0.1) is 5.56 Å². The third-order valence-electron chi connectivity index (χ3n) is 4.78. The predicted octanol–water partition coefficient (Wildman–Crippen LogP) is 4.12. The minimum Gasteiger partial charge on any atom is -0.349 e. The topological polar surface area (TPSA) is 41.1 Å². The van der Waals surface area contributed by atoms with E-state index in [1.807, 2.05) is 0 Å². The molecular formula is C17H20ClF5N2O. The fourth-order valence-corrected chi connectivity index (χ4v) is 3.37. The van der Waals surface area contributed by atoms with Crippen molar-refractivity contribution in [1.29, 1.82) is 0 Å². The Kier molecular flexibility index (Phi) is 6.17. The van der Waals surface area contributed by atoms with Crippen molar-refractivity contribution in [2.45, 2.75) is 49.7 Å². The molecule has 0 atom stereocenters. The van der Waals surface area contributed by atoms with Gasteiger partial charge in [0.1, 0.15) is 0 Å². The fraction of sp³-hybridized carbons (Fsp3) is 0.588. The highest BCUT2D eigenvalue weighted by Gasteiger charge is 2.46. The molecule has 2 aliphatic rings. The van der Waals surface area contributed by atoms with Crippen molar-refractivity contribution in [3.05, 3.63) is 34.9 Å². The number of benzene rings is 1. The molecule has 146 valence electrons. The molecule has 0 radical (unpaired) electrons. The van der Waals surface area contributed by atoms with Crippen LogP contribution < -0.4 is 10.6 Å². The van der Waals surface area contributed by atoms with E-state index in [4.69, 9.17) is 0 Å². The van der Waals surface area contributed by atoms with E-state index in [0.717, 1.165) is 12.1 Å². The van der Waals surface area contributed by atoms with E-state index in [9.17, 15) is 26.7 Å². The van der Waals surface area contributed by atoms with Crippen molar-refractivity contribution < 1.29 is 26.7 Å². The summed E-state index contributed by atoms with van der Waals surface area (Å²) < 4.78 is 65.3. The van der Waals surface area contributed by atoms with E-state index in [1.54, 1.807) is 0 Å². The van der Waals surface area contributed by atoms with Crippen molar-refractivity contribution in [3.63, 3.8) is 0 Å². The summed E-state index contributed by atoms with van der Waals surface area (Å²) >= 11 is 0. The molecule has 1 aromatic rings. The number of carbonyl (C=O) groups excluding carboxylic acids is 1. The lowest BCUT2D eigenvalue weighted by Crippen LogP contribution is -2.50. The van der Waals surface area contributed by atoms with Gasteiger partial charge in [-0.15, -0.1) is 12.4 Å². The molecule has 26 heavy (non-hydrogen) atoms. The summed E-state index contributed by atoms with van der Waals surface area (Å²) in [6.45, 7) is 1.42. The van der Waals surface area contributed by atoms with Gasteiger partial charge in [-0.2, -0.15) is 13.2 Å². The molecule has 1 aliphatic heterocycles. The van der Waals surface area contributed by atoms with Crippen molar-refractivity contribution in [1.82, 2.24) is 10.6 Å². The van der Waals surface area contributed by atoms with E-state index in [2.05, 4.69) is 10.6 Å². The van der Waals surface area contributed by atoms with Gasteiger partial charge in [0.2, 0.25) is 0 Å². The normalized spacial score (nSPS) is 20.8. The van der Waals surface area contributed by atoms with Gasteiger partial charge in [0.15, 0.2) is 0 Å². The molecule has 3 nitrogen and oxygen atoms in total.